The zero-order valence-corrected chi connectivity index (χ0v) is 16.9. The Morgan fingerprint density at radius 3 is 2.43 bits per heavy atom. The molecule has 7 heteroatoms. The average molecular weight is 399 g/mol. The van der Waals surface area contributed by atoms with Gasteiger partial charge >= 0.3 is 0 Å². The number of aromatic amines is 1. The van der Waals surface area contributed by atoms with Crippen LogP contribution in [0.2, 0.25) is 0 Å². The van der Waals surface area contributed by atoms with E-state index in [9.17, 15) is 9.59 Å². The lowest BCUT2D eigenvalue weighted by molar-refractivity contribution is 0.0964. The molecule has 2 amide bonds. The molecule has 0 bridgehead atoms. The fourth-order valence-corrected chi connectivity index (χ4v) is 3.25. The summed E-state index contributed by atoms with van der Waals surface area (Å²) in [6, 6.07) is 16.8. The van der Waals surface area contributed by atoms with Crippen molar-refractivity contribution < 1.29 is 9.59 Å². The first-order valence-electron chi connectivity index (χ1n) is 9.53. The van der Waals surface area contributed by atoms with Crippen LogP contribution in [-0.2, 0) is 0 Å². The van der Waals surface area contributed by atoms with Gasteiger partial charge < -0.3 is 15.6 Å². The van der Waals surface area contributed by atoms with E-state index in [-0.39, 0.29) is 11.8 Å². The Balaban J connectivity index is 1.78. The molecule has 4 rings (SSSR count). The molecule has 4 aromatic rings. The van der Waals surface area contributed by atoms with Gasteiger partial charge in [-0.25, -0.2) is 9.97 Å². The number of hydrogen-bond donors (Lipinski definition) is 3. The van der Waals surface area contributed by atoms with Crippen molar-refractivity contribution in [3.8, 4) is 11.4 Å². The van der Waals surface area contributed by atoms with E-state index in [2.05, 4.69) is 25.6 Å². The summed E-state index contributed by atoms with van der Waals surface area (Å²) in [5, 5.41) is 5.45. The van der Waals surface area contributed by atoms with Gasteiger partial charge in [0.1, 0.15) is 11.5 Å². The van der Waals surface area contributed by atoms with Gasteiger partial charge in [-0.3, -0.25) is 9.59 Å². The first-order chi connectivity index (χ1) is 14.5. The highest BCUT2D eigenvalue weighted by atomic mass is 16.2. The van der Waals surface area contributed by atoms with Crippen molar-refractivity contribution in [3.05, 3.63) is 77.1 Å². The van der Waals surface area contributed by atoms with E-state index in [0.717, 1.165) is 16.8 Å². The molecule has 0 spiro atoms. The van der Waals surface area contributed by atoms with Gasteiger partial charge in [0.05, 0.1) is 22.3 Å². The lowest BCUT2D eigenvalue weighted by Gasteiger charge is -2.11. The number of nitrogens with one attached hydrogen (secondary N) is 3. The van der Waals surface area contributed by atoms with Crippen LogP contribution in [0.5, 0.6) is 0 Å². The summed E-state index contributed by atoms with van der Waals surface area (Å²) < 4.78 is 0. The normalized spacial score (nSPS) is 10.8. The molecule has 0 radical (unpaired) electrons. The summed E-state index contributed by atoms with van der Waals surface area (Å²) in [6.07, 6.45) is 0. The number of carbonyl (C=O) groups is 2. The molecule has 7 nitrogen and oxygen atoms in total. The van der Waals surface area contributed by atoms with E-state index >= 15 is 0 Å². The number of aryl methyl sites for hydroxylation is 2. The van der Waals surface area contributed by atoms with Crippen LogP contribution in [0.3, 0.4) is 0 Å². The lowest BCUT2D eigenvalue weighted by atomic mass is 10.1. The number of hydrogen-bond acceptors (Lipinski definition) is 4. The quantitative estimate of drug-likeness (QED) is 0.485. The first-order valence-corrected chi connectivity index (χ1v) is 9.53. The average Bonchev–Trinajstić information content (AvgIpc) is 3.18. The van der Waals surface area contributed by atoms with E-state index < -0.39 is 0 Å². The predicted octanol–water partition coefficient (Wildman–Crippen LogP) is 3.85. The maximum absolute atomic E-state index is 12.9. The lowest BCUT2D eigenvalue weighted by Crippen LogP contribution is -2.22. The molecule has 2 heterocycles. The molecule has 0 fully saturated rings. The van der Waals surface area contributed by atoms with Crippen LogP contribution in [0.25, 0.3) is 22.4 Å². The largest absolute Gasteiger partial charge is 0.355 e. The SMILES string of the molecule is CNC(=O)c1cc2[nH]c(-c3ccccc3)nc2cc1NC(=O)c1nc(C)ccc1C. The highest BCUT2D eigenvalue weighted by Crippen LogP contribution is 2.27. The van der Waals surface area contributed by atoms with Gasteiger partial charge in [0, 0.05) is 18.3 Å². The third-order valence-electron chi connectivity index (χ3n) is 4.84. The molecule has 0 aliphatic heterocycles. The second kappa shape index (κ2) is 7.79. The zero-order valence-electron chi connectivity index (χ0n) is 16.9. The van der Waals surface area contributed by atoms with Crippen molar-refractivity contribution in [2.24, 2.45) is 0 Å². The fourth-order valence-electron chi connectivity index (χ4n) is 3.25. The third kappa shape index (κ3) is 3.65. The van der Waals surface area contributed by atoms with Crippen molar-refractivity contribution in [3.63, 3.8) is 0 Å². The zero-order chi connectivity index (χ0) is 21.3. The number of imidazole rings is 1. The standard InChI is InChI=1S/C23H21N5O2/c1-13-9-10-14(2)25-20(13)23(30)28-17-12-19-18(11-16(17)22(29)24-3)26-21(27-19)15-7-5-4-6-8-15/h4-12H,1-3H3,(H,24,29)(H,26,27)(H,28,30). The molecule has 0 unspecified atom stereocenters. The van der Waals surface area contributed by atoms with Gasteiger partial charge in [-0.05, 0) is 37.6 Å². The number of fused-ring (bicyclic) bond motifs is 1. The highest BCUT2D eigenvalue weighted by molar-refractivity contribution is 6.10. The van der Waals surface area contributed by atoms with Crippen molar-refractivity contribution in [1.82, 2.24) is 20.3 Å². The molecular weight excluding hydrogens is 378 g/mol. The maximum Gasteiger partial charge on any atom is 0.274 e. The monoisotopic (exact) mass is 399 g/mol. The Morgan fingerprint density at radius 2 is 1.70 bits per heavy atom. The van der Waals surface area contributed by atoms with Crippen molar-refractivity contribution in [2.75, 3.05) is 12.4 Å². The van der Waals surface area contributed by atoms with Gasteiger partial charge in [0.25, 0.3) is 11.8 Å². The Labute approximate surface area is 173 Å². The predicted molar refractivity (Wildman–Crippen MR) is 117 cm³/mol. The molecular formula is C23H21N5O2. The van der Waals surface area contributed by atoms with E-state index in [1.165, 1.54) is 0 Å². The van der Waals surface area contributed by atoms with E-state index in [1.807, 2.05) is 56.3 Å². The minimum Gasteiger partial charge on any atom is -0.355 e. The first kappa shape index (κ1) is 19.3. The Hall–Kier alpha value is -4.00. The number of anilines is 1. The Bertz CT molecular complexity index is 1260. The van der Waals surface area contributed by atoms with Gasteiger partial charge in [-0.1, -0.05) is 36.4 Å². The van der Waals surface area contributed by atoms with Gasteiger partial charge in [-0.2, -0.15) is 0 Å². The molecule has 2 aromatic carbocycles. The van der Waals surface area contributed by atoms with E-state index in [1.54, 1.807) is 19.2 Å². The second-order valence-corrected chi connectivity index (χ2v) is 7.02. The Kier molecular flexibility index (Phi) is 5.02. The summed E-state index contributed by atoms with van der Waals surface area (Å²) in [7, 11) is 1.55. The van der Waals surface area contributed by atoms with Crippen LogP contribution in [0.1, 0.15) is 32.1 Å². The van der Waals surface area contributed by atoms with Crippen molar-refractivity contribution in [2.45, 2.75) is 13.8 Å². The molecule has 0 atom stereocenters. The van der Waals surface area contributed by atoms with Crippen LogP contribution in [-0.4, -0.2) is 33.8 Å². The number of nitrogens with zero attached hydrogens (tertiary/aromatic N) is 2. The Morgan fingerprint density at radius 1 is 0.933 bits per heavy atom. The van der Waals surface area contributed by atoms with Crippen LogP contribution >= 0.6 is 0 Å². The summed E-state index contributed by atoms with van der Waals surface area (Å²) in [4.78, 5) is 37.6. The minimum atomic E-state index is -0.375. The number of amides is 2. The van der Waals surface area contributed by atoms with Crippen LogP contribution in [0, 0.1) is 13.8 Å². The highest BCUT2D eigenvalue weighted by Gasteiger charge is 2.19. The number of pyridine rings is 1. The van der Waals surface area contributed by atoms with E-state index in [4.69, 9.17) is 0 Å². The van der Waals surface area contributed by atoms with Crippen LogP contribution < -0.4 is 10.6 Å². The summed E-state index contributed by atoms with van der Waals surface area (Å²) in [5.74, 6) is 0.00429. The molecule has 30 heavy (non-hydrogen) atoms. The van der Waals surface area contributed by atoms with Crippen molar-refractivity contribution >= 4 is 28.5 Å². The molecule has 0 saturated heterocycles. The van der Waals surface area contributed by atoms with Crippen molar-refractivity contribution in [1.29, 1.82) is 0 Å². The van der Waals surface area contributed by atoms with E-state index in [0.29, 0.717) is 33.8 Å². The van der Waals surface area contributed by atoms with Gasteiger partial charge in [-0.15, -0.1) is 0 Å². The summed E-state index contributed by atoms with van der Waals surface area (Å²) in [6.45, 7) is 3.65. The number of carbonyl (C=O) groups excluding carboxylic acids is 2. The third-order valence-corrected chi connectivity index (χ3v) is 4.84. The molecule has 2 aromatic heterocycles. The van der Waals surface area contributed by atoms with Gasteiger partial charge in [0.2, 0.25) is 0 Å². The number of aromatic nitrogens is 3. The number of H-pyrrole nitrogens is 1. The number of benzene rings is 2. The van der Waals surface area contributed by atoms with Gasteiger partial charge in [0.15, 0.2) is 0 Å². The van der Waals surface area contributed by atoms with Crippen LogP contribution in [0.4, 0.5) is 5.69 Å². The van der Waals surface area contributed by atoms with Crippen LogP contribution in [0.15, 0.2) is 54.6 Å². The molecule has 0 saturated carbocycles. The fraction of sp³-hybridized carbons (Fsp3) is 0.130. The summed E-state index contributed by atoms with van der Waals surface area (Å²) in [5.41, 5.74) is 4.82. The molecule has 0 aliphatic carbocycles. The summed E-state index contributed by atoms with van der Waals surface area (Å²) >= 11 is 0. The minimum absolute atomic E-state index is 0.308. The molecule has 0 aliphatic rings. The molecule has 150 valence electrons. The number of rotatable bonds is 4. The molecule has 3 N–H and O–H groups in total. The second-order valence-electron chi connectivity index (χ2n) is 7.02. The maximum atomic E-state index is 12.9. The topological polar surface area (TPSA) is 99.8 Å². The smallest absolute Gasteiger partial charge is 0.274 e.